The van der Waals surface area contributed by atoms with Crippen LogP contribution in [-0.2, 0) is 12.8 Å². The first-order valence-electron chi connectivity index (χ1n) is 7.23. The summed E-state index contributed by atoms with van der Waals surface area (Å²) in [6.07, 6.45) is 3.31. The molecule has 0 radical (unpaired) electrons. The Hall–Kier alpha value is -2.69. The van der Waals surface area contributed by atoms with Gasteiger partial charge >= 0.3 is 0 Å². The summed E-state index contributed by atoms with van der Waals surface area (Å²) in [6.45, 7) is 1.40. The molecule has 2 aromatic rings. The average Bonchev–Trinajstić information content (AvgIpc) is 2.94. The van der Waals surface area contributed by atoms with Crippen LogP contribution < -0.4 is 5.32 Å². The second-order valence-electron chi connectivity index (χ2n) is 5.51. The fourth-order valence-corrected chi connectivity index (χ4v) is 2.81. The number of anilines is 2. The van der Waals surface area contributed by atoms with Crippen molar-refractivity contribution in [1.29, 1.82) is 0 Å². The van der Waals surface area contributed by atoms with Crippen molar-refractivity contribution in [3.63, 3.8) is 0 Å². The average molecular weight is 296 g/mol. The fraction of sp³-hybridized carbons (Fsp3) is 0.235. The van der Waals surface area contributed by atoms with Crippen LogP contribution in [0.5, 0.6) is 0 Å². The maximum Gasteiger partial charge on any atom is 0.293 e. The number of nitro benzene ring substituents is 1. The van der Waals surface area contributed by atoms with E-state index in [1.807, 2.05) is 12.1 Å². The van der Waals surface area contributed by atoms with Crippen molar-refractivity contribution >= 4 is 22.8 Å². The van der Waals surface area contributed by atoms with Crippen molar-refractivity contribution in [2.75, 3.05) is 5.32 Å². The predicted molar refractivity (Wildman–Crippen MR) is 84.9 cm³/mol. The van der Waals surface area contributed by atoms with Crippen LogP contribution in [0, 0.1) is 10.1 Å². The van der Waals surface area contributed by atoms with Gasteiger partial charge in [0.05, 0.1) is 4.92 Å². The maximum absolute atomic E-state index is 11.4. The molecule has 0 aliphatic heterocycles. The number of carbonyl (C=O) groups is 1. The van der Waals surface area contributed by atoms with Crippen LogP contribution >= 0.6 is 0 Å². The van der Waals surface area contributed by atoms with Gasteiger partial charge in [0.1, 0.15) is 5.69 Å². The van der Waals surface area contributed by atoms with Gasteiger partial charge in [0.15, 0.2) is 5.78 Å². The van der Waals surface area contributed by atoms with E-state index in [1.165, 1.54) is 24.1 Å². The van der Waals surface area contributed by atoms with Gasteiger partial charge in [-0.25, -0.2) is 0 Å². The van der Waals surface area contributed by atoms with Crippen LogP contribution in [0.15, 0.2) is 36.4 Å². The summed E-state index contributed by atoms with van der Waals surface area (Å²) in [7, 11) is 0. The molecule has 112 valence electrons. The molecule has 0 heterocycles. The summed E-state index contributed by atoms with van der Waals surface area (Å²) in [5, 5.41) is 14.3. The molecular weight excluding hydrogens is 280 g/mol. The molecule has 0 fully saturated rings. The van der Waals surface area contributed by atoms with Gasteiger partial charge in [0.25, 0.3) is 5.69 Å². The van der Waals surface area contributed by atoms with Crippen LogP contribution in [0.25, 0.3) is 0 Å². The minimum Gasteiger partial charge on any atom is -0.350 e. The highest BCUT2D eigenvalue weighted by molar-refractivity contribution is 5.95. The van der Waals surface area contributed by atoms with E-state index in [1.54, 1.807) is 12.1 Å². The molecule has 0 saturated carbocycles. The van der Waals surface area contributed by atoms with Crippen molar-refractivity contribution in [2.24, 2.45) is 0 Å². The molecule has 22 heavy (non-hydrogen) atoms. The van der Waals surface area contributed by atoms with Gasteiger partial charge in [-0.1, -0.05) is 6.07 Å². The number of nitrogens with zero attached hydrogens (tertiary/aromatic N) is 1. The number of fused-ring (bicyclic) bond motifs is 1. The van der Waals surface area contributed by atoms with Crippen LogP contribution in [0.2, 0.25) is 0 Å². The lowest BCUT2D eigenvalue weighted by Gasteiger charge is -2.10. The van der Waals surface area contributed by atoms with Crippen molar-refractivity contribution in [2.45, 2.75) is 26.2 Å². The largest absolute Gasteiger partial charge is 0.350 e. The van der Waals surface area contributed by atoms with Crippen LogP contribution in [-0.4, -0.2) is 10.7 Å². The summed E-state index contributed by atoms with van der Waals surface area (Å²) < 4.78 is 0. The number of carbonyl (C=O) groups excluding carboxylic acids is 1. The molecule has 1 aliphatic carbocycles. The zero-order chi connectivity index (χ0) is 15.7. The Bertz CT molecular complexity index is 768. The molecule has 1 N–H and O–H groups in total. The first kappa shape index (κ1) is 14.3. The quantitative estimate of drug-likeness (QED) is 0.525. The molecule has 0 amide bonds. The van der Waals surface area contributed by atoms with E-state index in [9.17, 15) is 14.9 Å². The number of nitro groups is 1. The Morgan fingerprint density at radius 1 is 1.14 bits per heavy atom. The molecule has 0 aromatic heterocycles. The van der Waals surface area contributed by atoms with E-state index in [4.69, 9.17) is 0 Å². The van der Waals surface area contributed by atoms with E-state index < -0.39 is 4.92 Å². The first-order valence-corrected chi connectivity index (χ1v) is 7.23. The van der Waals surface area contributed by atoms with Gasteiger partial charge in [0, 0.05) is 17.3 Å². The number of Topliss-reactive ketones (excluding diaryl/α,β-unsaturated/α-hetero) is 1. The number of aryl methyl sites for hydroxylation is 2. The van der Waals surface area contributed by atoms with E-state index >= 15 is 0 Å². The van der Waals surface area contributed by atoms with Crippen molar-refractivity contribution in [3.05, 3.63) is 63.2 Å². The summed E-state index contributed by atoms with van der Waals surface area (Å²) in [6, 6.07) is 10.6. The van der Waals surface area contributed by atoms with Gasteiger partial charge in [0.2, 0.25) is 0 Å². The Balaban J connectivity index is 1.94. The predicted octanol–water partition coefficient (Wildman–Crippen LogP) is 4.03. The second-order valence-corrected chi connectivity index (χ2v) is 5.51. The second kappa shape index (κ2) is 5.60. The number of ketones is 1. The SMILES string of the molecule is CC(=O)c1ccc(Nc2ccc3c(c2)CCC3)c([N+](=O)[O-])c1. The van der Waals surface area contributed by atoms with Crippen LogP contribution in [0.3, 0.4) is 0 Å². The third-order valence-electron chi connectivity index (χ3n) is 3.98. The summed E-state index contributed by atoms with van der Waals surface area (Å²) >= 11 is 0. The summed E-state index contributed by atoms with van der Waals surface area (Å²) in [5.41, 5.74) is 4.13. The standard InChI is InChI=1S/C17H16N2O3/c1-11(20)13-6-8-16(17(10-13)19(21)22)18-15-7-5-12-3-2-4-14(12)9-15/h5-10,18H,2-4H2,1H3. The van der Waals surface area contributed by atoms with Crippen molar-refractivity contribution in [1.82, 2.24) is 0 Å². The van der Waals surface area contributed by atoms with Gasteiger partial charge in [-0.15, -0.1) is 0 Å². The van der Waals surface area contributed by atoms with Gasteiger partial charge in [-0.3, -0.25) is 14.9 Å². The smallest absolute Gasteiger partial charge is 0.293 e. The van der Waals surface area contributed by atoms with Crippen molar-refractivity contribution < 1.29 is 9.72 Å². The molecule has 5 nitrogen and oxygen atoms in total. The lowest BCUT2D eigenvalue weighted by molar-refractivity contribution is -0.383. The lowest BCUT2D eigenvalue weighted by Crippen LogP contribution is -2.00. The Kier molecular flexibility index (Phi) is 3.63. The van der Waals surface area contributed by atoms with Crippen LogP contribution in [0.1, 0.15) is 34.8 Å². The van der Waals surface area contributed by atoms with Gasteiger partial charge in [-0.05, 0) is 61.6 Å². The maximum atomic E-state index is 11.4. The third kappa shape index (κ3) is 2.70. The topological polar surface area (TPSA) is 72.2 Å². The highest BCUT2D eigenvalue weighted by atomic mass is 16.6. The molecule has 0 spiro atoms. The number of hydrogen-bond acceptors (Lipinski definition) is 4. The zero-order valence-corrected chi connectivity index (χ0v) is 12.3. The van der Waals surface area contributed by atoms with Gasteiger partial charge < -0.3 is 5.32 Å². The first-order chi connectivity index (χ1) is 10.5. The molecule has 0 unspecified atom stereocenters. The van der Waals surface area contributed by atoms with E-state index in [0.717, 1.165) is 24.9 Å². The number of hydrogen-bond donors (Lipinski definition) is 1. The summed E-state index contributed by atoms with van der Waals surface area (Å²) in [5.74, 6) is -0.188. The van der Waals surface area contributed by atoms with Crippen molar-refractivity contribution in [3.8, 4) is 0 Å². The monoisotopic (exact) mass is 296 g/mol. The fourth-order valence-electron chi connectivity index (χ4n) is 2.81. The van der Waals surface area contributed by atoms with E-state index in [-0.39, 0.29) is 11.5 Å². The minimum absolute atomic E-state index is 0.0896. The Morgan fingerprint density at radius 3 is 2.64 bits per heavy atom. The molecule has 3 rings (SSSR count). The molecule has 0 atom stereocenters. The zero-order valence-electron chi connectivity index (χ0n) is 12.3. The normalized spacial score (nSPS) is 12.8. The van der Waals surface area contributed by atoms with E-state index in [0.29, 0.717) is 11.3 Å². The minimum atomic E-state index is -0.470. The molecular formula is C17H16N2O3. The van der Waals surface area contributed by atoms with Gasteiger partial charge in [-0.2, -0.15) is 0 Å². The lowest BCUT2D eigenvalue weighted by atomic mass is 10.1. The Labute approximate surface area is 128 Å². The molecule has 0 bridgehead atoms. The molecule has 2 aromatic carbocycles. The molecule has 5 heteroatoms. The number of rotatable bonds is 4. The number of nitrogens with one attached hydrogen (secondary N) is 1. The summed E-state index contributed by atoms with van der Waals surface area (Å²) in [4.78, 5) is 22.1. The highest BCUT2D eigenvalue weighted by Gasteiger charge is 2.17. The van der Waals surface area contributed by atoms with E-state index in [2.05, 4.69) is 11.4 Å². The third-order valence-corrected chi connectivity index (χ3v) is 3.98. The highest BCUT2D eigenvalue weighted by Crippen LogP contribution is 2.31. The molecule has 0 saturated heterocycles. The van der Waals surface area contributed by atoms with Crippen LogP contribution in [0.4, 0.5) is 17.1 Å². The number of benzene rings is 2. The molecule has 1 aliphatic rings. The Morgan fingerprint density at radius 2 is 1.91 bits per heavy atom.